The first-order chi connectivity index (χ1) is 6.65. The highest BCUT2D eigenvalue weighted by molar-refractivity contribution is 5.98. The topological polar surface area (TPSA) is 57.2 Å². The number of hydrogen-bond donors (Lipinski definition) is 0. The Hall–Kier alpha value is -1.64. The van der Waals surface area contributed by atoms with Crippen molar-refractivity contribution >= 4 is 11.8 Å². The molecule has 0 aliphatic rings. The SMILES string of the molecule is CCCC(=O)c1cccc(C(=O)[O-])c1. The van der Waals surface area contributed by atoms with Gasteiger partial charge in [-0.05, 0) is 18.1 Å². The quantitative estimate of drug-likeness (QED) is 0.668. The Balaban J connectivity index is 2.93. The van der Waals surface area contributed by atoms with Crippen LogP contribution in [0.15, 0.2) is 24.3 Å². The molecule has 0 N–H and O–H groups in total. The maximum Gasteiger partial charge on any atom is 0.162 e. The molecule has 0 radical (unpaired) electrons. The van der Waals surface area contributed by atoms with Gasteiger partial charge in [-0.3, -0.25) is 4.79 Å². The van der Waals surface area contributed by atoms with E-state index in [9.17, 15) is 14.7 Å². The molecule has 0 atom stereocenters. The van der Waals surface area contributed by atoms with Gasteiger partial charge in [-0.2, -0.15) is 0 Å². The monoisotopic (exact) mass is 191 g/mol. The van der Waals surface area contributed by atoms with Crippen molar-refractivity contribution in [3.05, 3.63) is 35.4 Å². The molecule has 1 aromatic rings. The van der Waals surface area contributed by atoms with E-state index in [0.29, 0.717) is 12.0 Å². The van der Waals surface area contributed by atoms with Gasteiger partial charge in [0.15, 0.2) is 5.78 Å². The molecule has 0 aromatic heterocycles. The van der Waals surface area contributed by atoms with Gasteiger partial charge in [0.1, 0.15) is 0 Å². The minimum absolute atomic E-state index is 0.0319. The van der Waals surface area contributed by atoms with E-state index in [1.54, 1.807) is 12.1 Å². The molecular formula is C11H11O3-. The molecule has 74 valence electrons. The fourth-order valence-corrected chi connectivity index (χ4v) is 1.19. The van der Waals surface area contributed by atoms with E-state index in [-0.39, 0.29) is 11.3 Å². The van der Waals surface area contributed by atoms with Crippen LogP contribution >= 0.6 is 0 Å². The van der Waals surface area contributed by atoms with E-state index in [1.807, 2.05) is 6.92 Å². The molecule has 0 amide bonds. The Kier molecular flexibility index (Phi) is 3.40. The zero-order valence-corrected chi connectivity index (χ0v) is 7.95. The Labute approximate surface area is 82.4 Å². The number of benzene rings is 1. The summed E-state index contributed by atoms with van der Waals surface area (Å²) < 4.78 is 0. The zero-order chi connectivity index (χ0) is 10.6. The molecule has 0 bridgehead atoms. The van der Waals surface area contributed by atoms with Crippen LogP contribution in [-0.4, -0.2) is 11.8 Å². The number of aromatic carboxylic acids is 1. The summed E-state index contributed by atoms with van der Waals surface area (Å²) in [5.74, 6) is -1.29. The molecule has 0 fully saturated rings. The lowest BCUT2D eigenvalue weighted by molar-refractivity contribution is -0.255. The van der Waals surface area contributed by atoms with Crippen LogP contribution in [0.3, 0.4) is 0 Å². The van der Waals surface area contributed by atoms with Crippen molar-refractivity contribution in [3.63, 3.8) is 0 Å². The third kappa shape index (κ3) is 2.42. The van der Waals surface area contributed by atoms with E-state index < -0.39 is 5.97 Å². The molecule has 0 saturated heterocycles. The normalized spacial score (nSPS) is 9.79. The van der Waals surface area contributed by atoms with Crippen LogP contribution < -0.4 is 5.11 Å². The van der Waals surface area contributed by atoms with Crippen molar-refractivity contribution in [1.29, 1.82) is 0 Å². The van der Waals surface area contributed by atoms with Gasteiger partial charge < -0.3 is 9.90 Å². The number of carbonyl (C=O) groups is 2. The highest BCUT2D eigenvalue weighted by Gasteiger charge is 2.04. The molecule has 0 unspecified atom stereocenters. The molecule has 3 nitrogen and oxygen atoms in total. The van der Waals surface area contributed by atoms with Gasteiger partial charge in [-0.1, -0.05) is 25.1 Å². The summed E-state index contributed by atoms with van der Waals surface area (Å²) in [6, 6.07) is 5.93. The molecule has 0 aliphatic heterocycles. The first kappa shape index (κ1) is 10.4. The van der Waals surface area contributed by atoms with Gasteiger partial charge in [-0.25, -0.2) is 0 Å². The Morgan fingerprint density at radius 2 is 1.93 bits per heavy atom. The highest BCUT2D eigenvalue weighted by Crippen LogP contribution is 2.08. The third-order valence-electron chi connectivity index (χ3n) is 1.90. The van der Waals surface area contributed by atoms with Gasteiger partial charge in [0.05, 0.1) is 5.97 Å². The summed E-state index contributed by atoms with van der Waals surface area (Å²) in [7, 11) is 0. The van der Waals surface area contributed by atoms with Crippen molar-refractivity contribution in [1.82, 2.24) is 0 Å². The minimum Gasteiger partial charge on any atom is -0.545 e. The predicted molar refractivity (Wildman–Crippen MR) is 50.0 cm³/mol. The first-order valence-electron chi connectivity index (χ1n) is 4.49. The molecular weight excluding hydrogens is 180 g/mol. The number of hydrogen-bond acceptors (Lipinski definition) is 3. The van der Waals surface area contributed by atoms with Crippen LogP contribution in [-0.2, 0) is 0 Å². The average molecular weight is 191 g/mol. The molecule has 1 rings (SSSR count). The van der Waals surface area contributed by atoms with Gasteiger partial charge >= 0.3 is 0 Å². The van der Waals surface area contributed by atoms with Crippen LogP contribution in [0, 0.1) is 0 Å². The second-order valence-corrected chi connectivity index (χ2v) is 3.04. The fraction of sp³-hybridized carbons (Fsp3) is 0.273. The standard InChI is InChI=1S/C11H12O3/c1-2-4-10(12)8-5-3-6-9(7-8)11(13)14/h3,5-7H,2,4H2,1H3,(H,13,14)/p-1. The molecule has 0 heterocycles. The predicted octanol–water partition coefficient (Wildman–Crippen LogP) is 1.03. The molecule has 3 heteroatoms. The number of carboxylic acids is 1. The van der Waals surface area contributed by atoms with Crippen molar-refractivity contribution < 1.29 is 14.7 Å². The second-order valence-electron chi connectivity index (χ2n) is 3.04. The summed E-state index contributed by atoms with van der Waals surface area (Å²) in [6.45, 7) is 1.90. The molecule has 0 spiro atoms. The highest BCUT2D eigenvalue weighted by atomic mass is 16.4. The maximum absolute atomic E-state index is 11.4. The van der Waals surface area contributed by atoms with Gasteiger partial charge in [0.25, 0.3) is 0 Å². The van der Waals surface area contributed by atoms with Gasteiger partial charge in [0.2, 0.25) is 0 Å². The van der Waals surface area contributed by atoms with E-state index in [1.165, 1.54) is 12.1 Å². The van der Waals surface area contributed by atoms with E-state index in [0.717, 1.165) is 6.42 Å². The number of rotatable bonds is 4. The van der Waals surface area contributed by atoms with Crippen LogP contribution in [0.2, 0.25) is 0 Å². The van der Waals surface area contributed by atoms with E-state index in [2.05, 4.69) is 0 Å². The zero-order valence-electron chi connectivity index (χ0n) is 7.95. The molecule has 1 aromatic carbocycles. The first-order valence-corrected chi connectivity index (χ1v) is 4.49. The van der Waals surface area contributed by atoms with Crippen molar-refractivity contribution in [2.24, 2.45) is 0 Å². The second kappa shape index (κ2) is 4.56. The third-order valence-corrected chi connectivity index (χ3v) is 1.90. The average Bonchev–Trinajstić information content (AvgIpc) is 2.18. The van der Waals surface area contributed by atoms with Gasteiger partial charge in [-0.15, -0.1) is 0 Å². The van der Waals surface area contributed by atoms with Crippen LogP contribution in [0.5, 0.6) is 0 Å². The van der Waals surface area contributed by atoms with Crippen LogP contribution in [0.25, 0.3) is 0 Å². The van der Waals surface area contributed by atoms with Crippen LogP contribution in [0.4, 0.5) is 0 Å². The molecule has 0 aliphatic carbocycles. The fourth-order valence-electron chi connectivity index (χ4n) is 1.19. The van der Waals surface area contributed by atoms with Crippen LogP contribution in [0.1, 0.15) is 40.5 Å². The molecule has 14 heavy (non-hydrogen) atoms. The lowest BCUT2D eigenvalue weighted by Gasteiger charge is -2.04. The largest absolute Gasteiger partial charge is 0.545 e. The summed E-state index contributed by atoms with van der Waals surface area (Å²) in [4.78, 5) is 21.9. The summed E-state index contributed by atoms with van der Waals surface area (Å²) in [6.07, 6.45) is 1.20. The maximum atomic E-state index is 11.4. The van der Waals surface area contributed by atoms with Crippen molar-refractivity contribution in [2.75, 3.05) is 0 Å². The summed E-state index contributed by atoms with van der Waals surface area (Å²) in [5.41, 5.74) is 0.487. The number of carboxylic acid groups (broad SMARTS) is 1. The van der Waals surface area contributed by atoms with E-state index in [4.69, 9.17) is 0 Å². The van der Waals surface area contributed by atoms with E-state index >= 15 is 0 Å². The summed E-state index contributed by atoms with van der Waals surface area (Å²) >= 11 is 0. The lowest BCUT2D eigenvalue weighted by Crippen LogP contribution is -2.22. The van der Waals surface area contributed by atoms with Crippen molar-refractivity contribution in [2.45, 2.75) is 19.8 Å². The lowest BCUT2D eigenvalue weighted by atomic mass is 10.0. The Morgan fingerprint density at radius 1 is 1.29 bits per heavy atom. The number of Topliss-reactive ketones (excluding diaryl/α,β-unsaturated/α-hetero) is 1. The smallest absolute Gasteiger partial charge is 0.162 e. The number of ketones is 1. The number of carbonyl (C=O) groups excluding carboxylic acids is 2. The van der Waals surface area contributed by atoms with Gasteiger partial charge in [0, 0.05) is 12.0 Å². The molecule has 0 saturated carbocycles. The Bertz CT molecular complexity index is 355. The summed E-state index contributed by atoms with van der Waals surface area (Å²) in [5, 5.41) is 10.5. The van der Waals surface area contributed by atoms with Crippen molar-refractivity contribution in [3.8, 4) is 0 Å². The Morgan fingerprint density at radius 3 is 2.50 bits per heavy atom. The minimum atomic E-state index is -1.25.